The molecule has 2 unspecified atom stereocenters. The molecule has 3 N–H and O–H groups in total. The van der Waals surface area contributed by atoms with Gasteiger partial charge in [-0.05, 0) is 46.1 Å². The summed E-state index contributed by atoms with van der Waals surface area (Å²) < 4.78 is 5.12. The summed E-state index contributed by atoms with van der Waals surface area (Å²) in [5.74, 6) is -0.191. The smallest absolute Gasteiger partial charge is 0.408 e. The van der Waals surface area contributed by atoms with Crippen LogP contribution in [0.15, 0.2) is 0 Å². The number of amides is 2. The van der Waals surface area contributed by atoms with E-state index in [2.05, 4.69) is 22.9 Å². The summed E-state index contributed by atoms with van der Waals surface area (Å²) in [6.07, 6.45) is 0.468. The SMILES string of the molecule is CC(NC(=O)OC(C)(C)C)C(=O)NCC1(C)CCNC1. The fourth-order valence-electron chi connectivity index (χ4n) is 2.02. The maximum Gasteiger partial charge on any atom is 0.408 e. The normalized spacial score (nSPS) is 24.1. The average Bonchev–Trinajstić information content (AvgIpc) is 2.71. The van der Waals surface area contributed by atoms with Crippen LogP contribution in [0.1, 0.15) is 41.0 Å². The highest BCUT2D eigenvalue weighted by Crippen LogP contribution is 2.22. The van der Waals surface area contributed by atoms with Crippen molar-refractivity contribution in [1.29, 1.82) is 0 Å². The average molecular weight is 285 g/mol. The van der Waals surface area contributed by atoms with E-state index in [-0.39, 0.29) is 11.3 Å². The van der Waals surface area contributed by atoms with Crippen molar-refractivity contribution in [2.45, 2.75) is 52.7 Å². The van der Waals surface area contributed by atoms with E-state index in [0.29, 0.717) is 6.54 Å². The quantitative estimate of drug-likeness (QED) is 0.720. The van der Waals surface area contributed by atoms with Crippen LogP contribution in [0.5, 0.6) is 0 Å². The Hall–Kier alpha value is -1.30. The lowest BCUT2D eigenvalue weighted by atomic mass is 9.90. The van der Waals surface area contributed by atoms with E-state index in [9.17, 15) is 9.59 Å². The third kappa shape index (κ3) is 5.77. The van der Waals surface area contributed by atoms with Gasteiger partial charge in [0, 0.05) is 13.1 Å². The first-order chi connectivity index (χ1) is 9.11. The first-order valence-corrected chi connectivity index (χ1v) is 7.09. The lowest BCUT2D eigenvalue weighted by Crippen LogP contribution is -2.48. The molecule has 1 saturated heterocycles. The number of carbonyl (C=O) groups excluding carboxylic acids is 2. The monoisotopic (exact) mass is 285 g/mol. The van der Waals surface area contributed by atoms with Gasteiger partial charge in [0.05, 0.1) is 0 Å². The van der Waals surface area contributed by atoms with E-state index in [4.69, 9.17) is 4.74 Å². The molecule has 0 bridgehead atoms. The second-order valence-electron chi connectivity index (χ2n) is 6.82. The summed E-state index contributed by atoms with van der Waals surface area (Å²) in [6, 6.07) is -0.609. The van der Waals surface area contributed by atoms with Crippen molar-refractivity contribution >= 4 is 12.0 Å². The van der Waals surface area contributed by atoms with Gasteiger partial charge in [-0.25, -0.2) is 4.79 Å². The van der Waals surface area contributed by atoms with Crippen LogP contribution in [0.3, 0.4) is 0 Å². The number of hydrogen-bond acceptors (Lipinski definition) is 4. The van der Waals surface area contributed by atoms with E-state index >= 15 is 0 Å². The van der Waals surface area contributed by atoms with Gasteiger partial charge in [0.1, 0.15) is 11.6 Å². The topological polar surface area (TPSA) is 79.5 Å². The maximum absolute atomic E-state index is 11.9. The molecule has 0 saturated carbocycles. The molecule has 2 atom stereocenters. The molecule has 1 aliphatic heterocycles. The van der Waals surface area contributed by atoms with Crippen molar-refractivity contribution < 1.29 is 14.3 Å². The van der Waals surface area contributed by atoms with Gasteiger partial charge < -0.3 is 20.7 Å². The minimum Gasteiger partial charge on any atom is -0.444 e. The van der Waals surface area contributed by atoms with Crippen LogP contribution in [-0.2, 0) is 9.53 Å². The molecule has 116 valence electrons. The van der Waals surface area contributed by atoms with Crippen molar-refractivity contribution in [2.24, 2.45) is 5.41 Å². The molecule has 6 heteroatoms. The number of rotatable bonds is 4. The van der Waals surface area contributed by atoms with Gasteiger partial charge in [-0.15, -0.1) is 0 Å². The third-order valence-corrected chi connectivity index (χ3v) is 3.27. The summed E-state index contributed by atoms with van der Waals surface area (Å²) in [4.78, 5) is 23.5. The molecule has 1 heterocycles. The zero-order valence-electron chi connectivity index (χ0n) is 13.1. The van der Waals surface area contributed by atoms with Crippen LogP contribution in [0.2, 0.25) is 0 Å². The predicted octanol–water partition coefficient (Wildman–Crippen LogP) is 1.02. The molecule has 1 rings (SSSR count). The number of ether oxygens (including phenoxy) is 1. The molecule has 1 fully saturated rings. The minimum atomic E-state index is -0.609. The lowest BCUT2D eigenvalue weighted by Gasteiger charge is -2.25. The third-order valence-electron chi connectivity index (χ3n) is 3.27. The Balaban J connectivity index is 2.33. The number of alkyl carbamates (subject to hydrolysis) is 1. The van der Waals surface area contributed by atoms with Gasteiger partial charge in [0.25, 0.3) is 0 Å². The van der Waals surface area contributed by atoms with Gasteiger partial charge >= 0.3 is 6.09 Å². The van der Waals surface area contributed by atoms with E-state index in [0.717, 1.165) is 19.5 Å². The molecular formula is C14H27N3O3. The summed E-state index contributed by atoms with van der Waals surface area (Å²) in [5.41, 5.74) is -0.468. The maximum atomic E-state index is 11.9. The Morgan fingerprint density at radius 3 is 2.55 bits per heavy atom. The predicted molar refractivity (Wildman–Crippen MR) is 77.4 cm³/mol. The summed E-state index contributed by atoms with van der Waals surface area (Å²) in [7, 11) is 0. The Morgan fingerprint density at radius 2 is 2.05 bits per heavy atom. The second-order valence-corrected chi connectivity index (χ2v) is 6.82. The second kappa shape index (κ2) is 6.43. The van der Waals surface area contributed by atoms with Crippen molar-refractivity contribution in [1.82, 2.24) is 16.0 Å². The summed E-state index contributed by atoms with van der Waals surface area (Å²) in [5, 5.41) is 8.70. The fourth-order valence-corrected chi connectivity index (χ4v) is 2.02. The Labute approximate surface area is 121 Å². The van der Waals surface area contributed by atoms with Crippen molar-refractivity contribution in [3.63, 3.8) is 0 Å². The molecule has 0 aromatic heterocycles. The Morgan fingerprint density at radius 1 is 1.40 bits per heavy atom. The highest BCUT2D eigenvalue weighted by Gasteiger charge is 2.29. The van der Waals surface area contributed by atoms with Gasteiger partial charge in [-0.1, -0.05) is 6.92 Å². The largest absolute Gasteiger partial charge is 0.444 e. The molecule has 0 aromatic carbocycles. The van der Waals surface area contributed by atoms with Gasteiger partial charge in [-0.2, -0.15) is 0 Å². The minimum absolute atomic E-state index is 0.0985. The zero-order chi connectivity index (χ0) is 15.4. The van der Waals surface area contributed by atoms with E-state index in [1.165, 1.54) is 0 Å². The van der Waals surface area contributed by atoms with Crippen molar-refractivity contribution in [3.05, 3.63) is 0 Å². The molecule has 2 amide bonds. The van der Waals surface area contributed by atoms with Gasteiger partial charge in [0.15, 0.2) is 0 Å². The van der Waals surface area contributed by atoms with Crippen LogP contribution >= 0.6 is 0 Å². The van der Waals surface area contributed by atoms with Crippen LogP contribution in [0.4, 0.5) is 4.79 Å². The van der Waals surface area contributed by atoms with Crippen LogP contribution < -0.4 is 16.0 Å². The first-order valence-electron chi connectivity index (χ1n) is 7.09. The van der Waals surface area contributed by atoms with E-state index in [1.54, 1.807) is 27.7 Å². The molecule has 0 radical (unpaired) electrons. The molecule has 6 nitrogen and oxygen atoms in total. The van der Waals surface area contributed by atoms with Crippen LogP contribution in [-0.4, -0.2) is 43.3 Å². The standard InChI is InChI=1S/C14H27N3O3/c1-10(17-12(19)20-13(2,3)4)11(18)16-9-14(5)6-7-15-8-14/h10,15H,6-9H2,1-5H3,(H,16,18)(H,17,19). The van der Waals surface area contributed by atoms with Gasteiger partial charge in [0.2, 0.25) is 5.91 Å². The van der Waals surface area contributed by atoms with Crippen molar-refractivity contribution in [3.8, 4) is 0 Å². The molecule has 0 spiro atoms. The lowest BCUT2D eigenvalue weighted by molar-refractivity contribution is -0.123. The van der Waals surface area contributed by atoms with Gasteiger partial charge in [-0.3, -0.25) is 4.79 Å². The number of carbonyl (C=O) groups is 2. The first kappa shape index (κ1) is 16.8. The molecule has 1 aliphatic rings. The van der Waals surface area contributed by atoms with Crippen LogP contribution in [0, 0.1) is 5.41 Å². The molecular weight excluding hydrogens is 258 g/mol. The van der Waals surface area contributed by atoms with Crippen molar-refractivity contribution in [2.75, 3.05) is 19.6 Å². The zero-order valence-corrected chi connectivity index (χ0v) is 13.1. The molecule has 0 aromatic rings. The van der Waals surface area contributed by atoms with E-state index < -0.39 is 17.7 Å². The van der Waals surface area contributed by atoms with E-state index in [1.807, 2.05) is 0 Å². The molecule has 20 heavy (non-hydrogen) atoms. The highest BCUT2D eigenvalue weighted by atomic mass is 16.6. The highest BCUT2D eigenvalue weighted by molar-refractivity contribution is 5.85. The number of nitrogens with one attached hydrogen (secondary N) is 3. The Bertz CT molecular complexity index is 357. The van der Waals surface area contributed by atoms with Crippen LogP contribution in [0.25, 0.3) is 0 Å². The fraction of sp³-hybridized carbons (Fsp3) is 0.857. The summed E-state index contributed by atoms with van der Waals surface area (Å²) in [6.45, 7) is 11.6. The summed E-state index contributed by atoms with van der Waals surface area (Å²) >= 11 is 0. The number of hydrogen-bond donors (Lipinski definition) is 3. The Kier molecular flexibility index (Phi) is 5.39. The molecule has 0 aliphatic carbocycles.